The Morgan fingerprint density at radius 1 is 1.05 bits per heavy atom. The van der Waals surface area contributed by atoms with Crippen molar-refractivity contribution < 1.29 is 33.7 Å². The molecule has 0 rings (SSSR count). The Balaban J connectivity index is 0. The number of esters is 3. The van der Waals surface area contributed by atoms with Crippen molar-refractivity contribution >= 4 is 17.9 Å². The maximum atomic E-state index is 10.7. The van der Waals surface area contributed by atoms with Crippen LogP contribution in [0.4, 0.5) is 0 Å². The molecule has 0 amide bonds. The number of hydrogen-bond donors (Lipinski definition) is 1. The highest BCUT2D eigenvalue weighted by molar-refractivity contribution is 5.88. The zero-order chi connectivity index (χ0) is 17.7. The van der Waals surface area contributed by atoms with E-state index in [1.807, 2.05) is 0 Å². The maximum Gasteiger partial charge on any atom is 0.335 e. The third kappa shape index (κ3) is 11.7. The Morgan fingerprint density at radius 2 is 1.59 bits per heavy atom. The Morgan fingerprint density at radius 3 is 1.95 bits per heavy atom. The molecule has 0 aromatic carbocycles. The molecule has 0 aromatic heterocycles. The van der Waals surface area contributed by atoms with Crippen LogP contribution in [-0.4, -0.2) is 43.5 Å². The van der Waals surface area contributed by atoms with Gasteiger partial charge in [0.15, 0.2) is 0 Å². The van der Waals surface area contributed by atoms with E-state index < -0.39 is 18.2 Å². The highest BCUT2D eigenvalue weighted by atomic mass is 16.6. The van der Waals surface area contributed by atoms with Gasteiger partial charge in [0.1, 0.15) is 0 Å². The van der Waals surface area contributed by atoms with Gasteiger partial charge in [-0.15, -0.1) is 0 Å². The summed E-state index contributed by atoms with van der Waals surface area (Å²) < 4.78 is 13.2. The first kappa shape index (κ1) is 22.1. The van der Waals surface area contributed by atoms with E-state index in [-0.39, 0.29) is 24.4 Å². The molecule has 7 nitrogen and oxygen atoms in total. The van der Waals surface area contributed by atoms with Crippen LogP contribution in [0.25, 0.3) is 0 Å². The summed E-state index contributed by atoms with van der Waals surface area (Å²) in [4.78, 5) is 32.0. The van der Waals surface area contributed by atoms with Crippen molar-refractivity contribution in [2.24, 2.45) is 0 Å². The smallest absolute Gasteiger partial charge is 0.335 e. The van der Waals surface area contributed by atoms with Crippen molar-refractivity contribution in [3.05, 3.63) is 24.3 Å². The van der Waals surface area contributed by atoms with E-state index in [1.165, 1.54) is 21.1 Å². The number of aliphatic hydroxyl groups is 1. The van der Waals surface area contributed by atoms with E-state index in [9.17, 15) is 14.4 Å². The van der Waals surface area contributed by atoms with Crippen molar-refractivity contribution in [2.45, 2.75) is 39.4 Å². The fourth-order valence-electron chi connectivity index (χ4n) is 0.909. The SMILES string of the molecule is C=C(C)C(=O)OC(O)CC.C=C(CCC(=O)OC)C(=O)OC. The molecule has 0 radical (unpaired) electrons. The summed E-state index contributed by atoms with van der Waals surface area (Å²) >= 11 is 0. The summed E-state index contributed by atoms with van der Waals surface area (Å²) in [6, 6.07) is 0. The highest BCUT2D eigenvalue weighted by Crippen LogP contribution is 2.04. The van der Waals surface area contributed by atoms with Crippen LogP contribution in [0.2, 0.25) is 0 Å². The van der Waals surface area contributed by atoms with Gasteiger partial charge in [-0.2, -0.15) is 0 Å². The van der Waals surface area contributed by atoms with E-state index >= 15 is 0 Å². The van der Waals surface area contributed by atoms with Gasteiger partial charge in [0.2, 0.25) is 6.29 Å². The van der Waals surface area contributed by atoms with Crippen LogP contribution in [0, 0.1) is 0 Å². The third-order valence-corrected chi connectivity index (χ3v) is 2.27. The van der Waals surface area contributed by atoms with Gasteiger partial charge < -0.3 is 19.3 Å². The molecular formula is C15H24O7. The molecule has 0 spiro atoms. The fourth-order valence-corrected chi connectivity index (χ4v) is 0.909. The Kier molecular flexibility index (Phi) is 12.7. The molecule has 0 fully saturated rings. The van der Waals surface area contributed by atoms with Crippen molar-refractivity contribution in [3.63, 3.8) is 0 Å². The van der Waals surface area contributed by atoms with Crippen LogP contribution in [-0.2, 0) is 28.6 Å². The lowest BCUT2D eigenvalue weighted by Gasteiger charge is -2.08. The molecule has 0 saturated carbocycles. The molecule has 1 N–H and O–H groups in total. The minimum Gasteiger partial charge on any atom is -0.469 e. The molecule has 126 valence electrons. The van der Waals surface area contributed by atoms with Gasteiger partial charge in [0, 0.05) is 24.0 Å². The standard InChI is InChI=1S/C8H12O4.C7H12O3/c1-6(8(10)12-3)4-5-7(9)11-2;1-4-6(8)10-7(9)5(2)3/h1,4-5H2,2-3H3;6,8H,2,4H2,1,3H3. The van der Waals surface area contributed by atoms with Gasteiger partial charge in [0.25, 0.3) is 0 Å². The van der Waals surface area contributed by atoms with Crippen LogP contribution in [0.3, 0.4) is 0 Å². The van der Waals surface area contributed by atoms with Crippen LogP contribution >= 0.6 is 0 Å². The number of methoxy groups -OCH3 is 2. The van der Waals surface area contributed by atoms with Gasteiger partial charge >= 0.3 is 17.9 Å². The first-order chi connectivity index (χ1) is 10.2. The lowest BCUT2D eigenvalue weighted by atomic mass is 10.2. The minimum absolute atomic E-state index is 0.157. The molecular weight excluding hydrogens is 292 g/mol. The molecule has 0 aliphatic rings. The summed E-state index contributed by atoms with van der Waals surface area (Å²) in [6.07, 6.45) is -0.160. The normalized spacial score (nSPS) is 10.4. The lowest BCUT2D eigenvalue weighted by Crippen LogP contribution is -2.16. The molecule has 7 heteroatoms. The zero-order valence-electron chi connectivity index (χ0n) is 13.5. The minimum atomic E-state index is -0.996. The molecule has 0 aliphatic carbocycles. The second kappa shape index (κ2) is 12.6. The zero-order valence-corrected chi connectivity index (χ0v) is 13.5. The first-order valence-electron chi connectivity index (χ1n) is 6.56. The molecule has 22 heavy (non-hydrogen) atoms. The number of aliphatic hydroxyl groups excluding tert-OH is 1. The fraction of sp³-hybridized carbons (Fsp3) is 0.533. The first-order valence-corrected chi connectivity index (χ1v) is 6.56. The number of carbonyl (C=O) groups excluding carboxylic acids is 3. The van der Waals surface area contributed by atoms with Gasteiger partial charge in [-0.05, 0) is 13.3 Å². The third-order valence-electron chi connectivity index (χ3n) is 2.27. The summed E-state index contributed by atoms with van der Waals surface area (Å²) in [7, 11) is 2.56. The van der Waals surface area contributed by atoms with Crippen molar-refractivity contribution in [3.8, 4) is 0 Å². The van der Waals surface area contributed by atoms with Crippen LogP contribution in [0.1, 0.15) is 33.1 Å². The van der Waals surface area contributed by atoms with E-state index in [1.54, 1.807) is 6.92 Å². The van der Waals surface area contributed by atoms with Crippen molar-refractivity contribution in [1.29, 1.82) is 0 Å². The molecule has 0 saturated heterocycles. The summed E-state index contributed by atoms with van der Waals surface area (Å²) in [5, 5.41) is 8.79. The van der Waals surface area contributed by atoms with E-state index in [0.717, 1.165) is 0 Å². The molecule has 1 unspecified atom stereocenters. The van der Waals surface area contributed by atoms with Gasteiger partial charge in [-0.3, -0.25) is 4.79 Å². The average Bonchev–Trinajstić information content (AvgIpc) is 2.51. The van der Waals surface area contributed by atoms with Crippen LogP contribution < -0.4 is 0 Å². The lowest BCUT2D eigenvalue weighted by molar-refractivity contribution is -0.163. The maximum absolute atomic E-state index is 10.7. The predicted molar refractivity (Wildman–Crippen MR) is 79.6 cm³/mol. The number of hydrogen-bond acceptors (Lipinski definition) is 7. The average molecular weight is 316 g/mol. The monoisotopic (exact) mass is 316 g/mol. The molecule has 1 atom stereocenters. The van der Waals surface area contributed by atoms with Gasteiger partial charge in [0.05, 0.1) is 14.2 Å². The molecule has 0 heterocycles. The topological polar surface area (TPSA) is 99.1 Å². The Labute approximate surface area is 130 Å². The predicted octanol–water partition coefficient (Wildman–Crippen LogP) is 1.50. The second-order valence-electron chi connectivity index (χ2n) is 4.22. The molecule has 0 aliphatic heterocycles. The summed E-state index contributed by atoms with van der Waals surface area (Å²) in [5.74, 6) is -1.40. The number of carbonyl (C=O) groups is 3. The quantitative estimate of drug-likeness (QED) is 0.329. The molecule has 0 bridgehead atoms. The van der Waals surface area contributed by atoms with Crippen LogP contribution in [0.5, 0.6) is 0 Å². The van der Waals surface area contributed by atoms with Crippen molar-refractivity contribution in [1.82, 2.24) is 0 Å². The van der Waals surface area contributed by atoms with E-state index in [4.69, 9.17) is 5.11 Å². The van der Waals surface area contributed by atoms with E-state index in [2.05, 4.69) is 27.4 Å². The van der Waals surface area contributed by atoms with E-state index in [0.29, 0.717) is 12.0 Å². The second-order valence-corrected chi connectivity index (χ2v) is 4.22. The highest BCUT2D eigenvalue weighted by Gasteiger charge is 2.09. The largest absolute Gasteiger partial charge is 0.469 e. The molecule has 0 aromatic rings. The number of ether oxygens (including phenoxy) is 3. The van der Waals surface area contributed by atoms with Gasteiger partial charge in [-0.25, -0.2) is 9.59 Å². The van der Waals surface area contributed by atoms with Crippen molar-refractivity contribution in [2.75, 3.05) is 14.2 Å². The summed E-state index contributed by atoms with van der Waals surface area (Å²) in [6.45, 7) is 10.1. The number of rotatable bonds is 7. The Bertz CT molecular complexity index is 412. The summed E-state index contributed by atoms with van der Waals surface area (Å²) in [5.41, 5.74) is 0.579. The Hall–Kier alpha value is -2.15. The van der Waals surface area contributed by atoms with Crippen LogP contribution in [0.15, 0.2) is 24.3 Å². The van der Waals surface area contributed by atoms with Gasteiger partial charge in [-0.1, -0.05) is 20.1 Å².